The highest BCUT2D eigenvalue weighted by Crippen LogP contribution is 2.57. The number of pyridine rings is 1. The van der Waals surface area contributed by atoms with Gasteiger partial charge in [-0.2, -0.15) is 5.06 Å². The van der Waals surface area contributed by atoms with E-state index in [-0.39, 0.29) is 0 Å². The van der Waals surface area contributed by atoms with Crippen LogP contribution in [0.5, 0.6) is 0 Å². The SMILES string of the molecule is [2H]C([2H])([2H])N1ON(c2cccc(C3(c4ccc5c6ccccc6n(-c6cc(-c7c(C(C)C)cccc7C(C)C)ccn6)c5c4)c4ccccc4-c4ccccc43)c2)c2ccccc21. The monoisotopic (exact) mass is 781 g/mol. The second-order valence-corrected chi connectivity index (χ2v) is 16.7. The molecule has 5 nitrogen and oxygen atoms in total. The molecular formula is C55H46N4O. The second kappa shape index (κ2) is 13.8. The highest BCUT2D eigenvalue weighted by Gasteiger charge is 2.46. The molecule has 0 fully saturated rings. The van der Waals surface area contributed by atoms with Gasteiger partial charge in [0.2, 0.25) is 0 Å². The van der Waals surface area contributed by atoms with Crippen LogP contribution >= 0.6 is 0 Å². The molecule has 292 valence electrons. The summed E-state index contributed by atoms with van der Waals surface area (Å²) in [6.45, 7) is 6.57. The highest BCUT2D eigenvalue weighted by molar-refractivity contribution is 6.09. The van der Waals surface area contributed by atoms with Crippen molar-refractivity contribution in [2.75, 3.05) is 17.1 Å². The van der Waals surface area contributed by atoms with Crippen LogP contribution in [-0.2, 0) is 10.4 Å². The number of hydrogen-bond acceptors (Lipinski definition) is 4. The number of para-hydroxylation sites is 3. The average Bonchev–Trinajstić information content (AvgIpc) is 3.96. The molecule has 0 unspecified atom stereocenters. The van der Waals surface area contributed by atoms with Gasteiger partial charge >= 0.3 is 0 Å². The quantitative estimate of drug-likeness (QED) is 0.161. The van der Waals surface area contributed by atoms with E-state index >= 15 is 0 Å². The van der Waals surface area contributed by atoms with E-state index in [1.165, 1.54) is 38.9 Å². The lowest BCUT2D eigenvalue weighted by Gasteiger charge is -2.34. The van der Waals surface area contributed by atoms with Crippen molar-refractivity contribution in [3.8, 4) is 28.1 Å². The zero-order chi connectivity index (χ0) is 43.2. The maximum atomic E-state index is 8.29. The molecule has 0 spiro atoms. The summed E-state index contributed by atoms with van der Waals surface area (Å²) in [6, 6.07) is 59.9. The van der Waals surface area contributed by atoms with E-state index in [1.54, 1.807) is 11.1 Å². The summed E-state index contributed by atoms with van der Waals surface area (Å²) in [5.74, 6) is 1.56. The smallest absolute Gasteiger partial charge is 0.138 e. The molecule has 3 heterocycles. The van der Waals surface area contributed by atoms with Crippen molar-refractivity contribution in [2.24, 2.45) is 0 Å². The number of hydrogen-bond donors (Lipinski definition) is 0. The molecule has 1 aliphatic carbocycles. The molecule has 2 aliphatic rings. The molecule has 0 N–H and O–H groups in total. The van der Waals surface area contributed by atoms with Crippen LogP contribution in [0.3, 0.4) is 0 Å². The van der Waals surface area contributed by atoms with E-state index in [0.29, 0.717) is 28.9 Å². The number of benzene rings is 7. The fraction of sp³-hybridized carbons (Fsp3) is 0.145. The van der Waals surface area contributed by atoms with E-state index in [4.69, 9.17) is 14.0 Å². The maximum Gasteiger partial charge on any atom is 0.138 e. The van der Waals surface area contributed by atoms with Gasteiger partial charge in [-0.3, -0.25) is 4.57 Å². The van der Waals surface area contributed by atoms with Gasteiger partial charge in [0, 0.05) is 28.1 Å². The Labute approximate surface area is 355 Å². The number of hydroxylamine groups is 1. The topological polar surface area (TPSA) is 33.5 Å². The Balaban J connectivity index is 1.17. The van der Waals surface area contributed by atoms with Crippen LogP contribution in [-0.4, -0.2) is 16.5 Å². The lowest BCUT2D eigenvalue weighted by Crippen LogP contribution is -2.29. The Morgan fingerprint density at radius 3 is 1.93 bits per heavy atom. The van der Waals surface area contributed by atoms with Crippen LogP contribution in [0.1, 0.15) is 77.0 Å². The summed E-state index contributed by atoms with van der Waals surface area (Å²) in [4.78, 5) is 11.3. The zero-order valence-electron chi connectivity index (χ0n) is 37.1. The lowest BCUT2D eigenvalue weighted by atomic mass is 9.67. The predicted molar refractivity (Wildman–Crippen MR) is 248 cm³/mol. The summed E-state index contributed by atoms with van der Waals surface area (Å²) in [5.41, 5.74) is 15.2. The van der Waals surface area contributed by atoms with Crippen LogP contribution in [0.15, 0.2) is 176 Å². The molecule has 5 heteroatoms. The molecule has 0 saturated carbocycles. The number of nitrogens with zero attached hydrogens (tertiary/aromatic N) is 4. The van der Waals surface area contributed by atoms with Gasteiger partial charge in [-0.15, -0.1) is 4.94 Å². The van der Waals surface area contributed by atoms with Crippen LogP contribution in [0.25, 0.3) is 49.9 Å². The zero-order valence-corrected chi connectivity index (χ0v) is 34.1. The Morgan fingerprint density at radius 2 is 1.20 bits per heavy atom. The average molecular weight is 782 g/mol. The lowest BCUT2D eigenvalue weighted by molar-refractivity contribution is 0.142. The fourth-order valence-electron chi connectivity index (χ4n) is 10.1. The maximum absolute atomic E-state index is 8.29. The van der Waals surface area contributed by atoms with Gasteiger partial charge in [0.1, 0.15) is 5.82 Å². The summed E-state index contributed by atoms with van der Waals surface area (Å²) in [5, 5.41) is 4.95. The molecule has 9 aromatic rings. The first-order valence-corrected chi connectivity index (χ1v) is 20.9. The summed E-state index contributed by atoms with van der Waals surface area (Å²) < 4.78 is 27.2. The molecule has 0 radical (unpaired) electrons. The minimum Gasteiger partial charge on any atom is -0.294 e. The number of rotatable bonds is 7. The van der Waals surface area contributed by atoms with E-state index in [2.05, 4.69) is 166 Å². The Morgan fingerprint density at radius 1 is 0.567 bits per heavy atom. The van der Waals surface area contributed by atoms with Crippen LogP contribution in [0.2, 0.25) is 0 Å². The summed E-state index contributed by atoms with van der Waals surface area (Å²) in [7, 11) is 0. The van der Waals surface area contributed by atoms with Crippen molar-refractivity contribution >= 4 is 38.9 Å². The van der Waals surface area contributed by atoms with Crippen LogP contribution in [0.4, 0.5) is 17.1 Å². The molecule has 0 saturated heterocycles. The first-order chi connectivity index (χ1) is 30.6. The molecule has 60 heavy (non-hydrogen) atoms. The third-order valence-corrected chi connectivity index (χ3v) is 12.7. The van der Waals surface area contributed by atoms with Crippen molar-refractivity contribution in [1.82, 2.24) is 9.55 Å². The van der Waals surface area contributed by atoms with Gasteiger partial charge in [-0.1, -0.05) is 149 Å². The van der Waals surface area contributed by atoms with Crippen molar-refractivity contribution in [1.29, 1.82) is 0 Å². The summed E-state index contributed by atoms with van der Waals surface area (Å²) in [6.07, 6.45) is 1.96. The van der Waals surface area contributed by atoms with Gasteiger partial charge in [-0.05, 0) is 116 Å². The van der Waals surface area contributed by atoms with Gasteiger partial charge in [0.05, 0.1) is 33.5 Å². The molecule has 7 aromatic carbocycles. The molecule has 11 rings (SSSR count). The van der Waals surface area contributed by atoms with E-state index < -0.39 is 12.4 Å². The number of fused-ring (bicyclic) bond motifs is 7. The Bertz CT molecular complexity index is 3180. The van der Waals surface area contributed by atoms with Crippen molar-refractivity contribution < 1.29 is 9.05 Å². The first kappa shape index (κ1) is 32.9. The molecule has 0 amide bonds. The van der Waals surface area contributed by atoms with Crippen LogP contribution in [0, 0.1) is 0 Å². The van der Waals surface area contributed by atoms with Crippen molar-refractivity contribution in [3.63, 3.8) is 0 Å². The largest absolute Gasteiger partial charge is 0.294 e. The molecule has 0 bridgehead atoms. The molecule has 0 atom stereocenters. The Kier molecular flexibility index (Phi) is 7.59. The number of aromatic nitrogens is 2. The normalized spacial score (nSPS) is 15.0. The van der Waals surface area contributed by atoms with Crippen LogP contribution < -0.4 is 10.1 Å². The second-order valence-electron chi connectivity index (χ2n) is 16.7. The molecular weight excluding hydrogens is 733 g/mol. The van der Waals surface area contributed by atoms with Gasteiger partial charge < -0.3 is 0 Å². The van der Waals surface area contributed by atoms with Crippen molar-refractivity contribution in [2.45, 2.75) is 44.9 Å². The van der Waals surface area contributed by atoms with E-state index in [9.17, 15) is 0 Å². The minimum absolute atomic E-state index is 0.352. The minimum atomic E-state index is -2.51. The first-order valence-electron chi connectivity index (χ1n) is 22.4. The summed E-state index contributed by atoms with van der Waals surface area (Å²) >= 11 is 0. The molecule has 1 aliphatic heterocycles. The van der Waals surface area contributed by atoms with Gasteiger partial charge in [-0.25, -0.2) is 10.0 Å². The standard InChI is InChI=1S/C55H46N4O/c1-35(2)41-21-15-22-42(36(3)4)54(41)37-30-31-56-53(32-37)58-49-25-11-8-20-45(49)46-29-28-39(34-52(46)58)55(47-23-9-6-18-43(47)44-19-7-10-24-48(44)55)38-16-14-17-40(33-38)59-51-27-13-12-26-50(51)57(5)60-59/h6-36H,1-5H3/i5D3. The fourth-order valence-corrected chi connectivity index (χ4v) is 10.1. The highest BCUT2D eigenvalue weighted by atomic mass is 16.8. The number of anilines is 3. The van der Waals surface area contributed by atoms with Gasteiger partial charge in [0.25, 0.3) is 0 Å². The van der Waals surface area contributed by atoms with Gasteiger partial charge in [0.15, 0.2) is 0 Å². The van der Waals surface area contributed by atoms with E-state index in [0.717, 1.165) is 49.4 Å². The Hall–Kier alpha value is -6.95. The van der Waals surface area contributed by atoms with E-state index in [1.807, 2.05) is 36.5 Å². The predicted octanol–water partition coefficient (Wildman–Crippen LogP) is 13.9. The third-order valence-electron chi connectivity index (χ3n) is 12.7. The van der Waals surface area contributed by atoms with Crippen molar-refractivity contribution in [3.05, 3.63) is 209 Å². The third kappa shape index (κ3) is 5.25. The molecule has 2 aromatic heterocycles.